The van der Waals surface area contributed by atoms with Crippen LogP contribution in [-0.4, -0.2) is 5.97 Å². The average molecular weight is 427 g/mol. The lowest BCUT2D eigenvalue weighted by atomic mass is 9.93. The summed E-state index contributed by atoms with van der Waals surface area (Å²) in [5.41, 5.74) is 1.38. The lowest BCUT2D eigenvalue weighted by molar-refractivity contribution is 0.0471. The molecule has 5 nitrogen and oxygen atoms in total. The first kappa shape index (κ1) is 17.5. The molecule has 2 rings (SSSR count). The van der Waals surface area contributed by atoms with Crippen molar-refractivity contribution in [2.75, 3.05) is 0 Å². The van der Waals surface area contributed by atoms with Gasteiger partial charge in [-0.3, -0.25) is 0 Å². The van der Waals surface area contributed by atoms with E-state index in [1.165, 1.54) is 6.92 Å². The third kappa shape index (κ3) is 3.22. The molecule has 0 saturated carbocycles. The Morgan fingerprint density at radius 2 is 1.62 bits per heavy atom. The van der Waals surface area contributed by atoms with E-state index in [-0.39, 0.29) is 38.0 Å². The van der Waals surface area contributed by atoms with Crippen molar-refractivity contribution in [1.82, 2.24) is 0 Å². The maximum Gasteiger partial charge on any atom is 0.340 e. The first-order valence-electron chi connectivity index (χ1n) is 6.82. The predicted octanol–water partition coefficient (Wildman–Crippen LogP) is 3.57. The largest absolute Gasteiger partial charge is 0.457 e. The van der Waals surface area contributed by atoms with Crippen LogP contribution in [0.1, 0.15) is 38.2 Å². The SMILES string of the molecule is Cc1c(C#N)c(C#N)c(I)c(C#N)c1C(=O)OCc1ccccc1. The van der Waals surface area contributed by atoms with Gasteiger partial charge >= 0.3 is 5.97 Å². The van der Waals surface area contributed by atoms with Crippen LogP contribution in [0.5, 0.6) is 0 Å². The Labute approximate surface area is 152 Å². The van der Waals surface area contributed by atoms with Crippen LogP contribution in [0.25, 0.3) is 0 Å². The summed E-state index contributed by atoms with van der Waals surface area (Å²) in [5.74, 6) is -0.688. The minimum Gasteiger partial charge on any atom is -0.457 e. The zero-order valence-electron chi connectivity index (χ0n) is 12.6. The Morgan fingerprint density at radius 1 is 1.04 bits per heavy atom. The lowest BCUT2D eigenvalue weighted by Gasteiger charge is -2.13. The van der Waals surface area contributed by atoms with E-state index in [9.17, 15) is 20.6 Å². The molecule has 0 bridgehead atoms. The second kappa shape index (κ2) is 7.59. The molecule has 0 spiro atoms. The van der Waals surface area contributed by atoms with E-state index in [0.717, 1.165) is 5.56 Å². The van der Waals surface area contributed by atoms with Gasteiger partial charge in [-0.15, -0.1) is 0 Å². The van der Waals surface area contributed by atoms with Gasteiger partial charge in [-0.1, -0.05) is 30.3 Å². The summed E-state index contributed by atoms with van der Waals surface area (Å²) in [7, 11) is 0. The molecule has 0 aliphatic rings. The second-order valence-electron chi connectivity index (χ2n) is 4.84. The van der Waals surface area contributed by atoms with Gasteiger partial charge in [0.1, 0.15) is 24.8 Å². The molecule has 6 heteroatoms. The van der Waals surface area contributed by atoms with E-state index in [1.807, 2.05) is 48.5 Å². The normalized spacial score (nSPS) is 9.46. The molecule has 0 saturated heterocycles. The van der Waals surface area contributed by atoms with Crippen LogP contribution < -0.4 is 0 Å². The highest BCUT2D eigenvalue weighted by atomic mass is 127. The summed E-state index contributed by atoms with van der Waals surface area (Å²) < 4.78 is 5.56. The molecule has 0 radical (unpaired) electrons. The summed E-state index contributed by atoms with van der Waals surface area (Å²) >= 11 is 1.80. The number of rotatable bonds is 3. The molecule has 116 valence electrons. The summed E-state index contributed by atoms with van der Waals surface area (Å²) in [6.07, 6.45) is 0. The van der Waals surface area contributed by atoms with Gasteiger partial charge in [0.25, 0.3) is 0 Å². The van der Waals surface area contributed by atoms with Crippen molar-refractivity contribution in [3.05, 3.63) is 67.3 Å². The van der Waals surface area contributed by atoms with Crippen molar-refractivity contribution in [2.24, 2.45) is 0 Å². The van der Waals surface area contributed by atoms with E-state index in [1.54, 1.807) is 22.6 Å². The number of hydrogen-bond donors (Lipinski definition) is 0. The fraction of sp³-hybridized carbons (Fsp3) is 0.111. The fourth-order valence-corrected chi connectivity index (χ4v) is 3.03. The minimum absolute atomic E-state index is 0.0355. The van der Waals surface area contributed by atoms with Crippen LogP contribution in [0.3, 0.4) is 0 Å². The molecular weight excluding hydrogens is 417 g/mol. The fourth-order valence-electron chi connectivity index (χ4n) is 2.24. The van der Waals surface area contributed by atoms with E-state index < -0.39 is 5.97 Å². The number of benzene rings is 2. The lowest BCUT2D eigenvalue weighted by Crippen LogP contribution is -2.13. The van der Waals surface area contributed by atoms with Crippen molar-refractivity contribution >= 4 is 28.6 Å². The number of carbonyl (C=O) groups is 1. The Kier molecular flexibility index (Phi) is 5.52. The minimum atomic E-state index is -0.688. The number of carbonyl (C=O) groups excluding carboxylic acids is 1. The molecule has 0 aromatic heterocycles. The van der Waals surface area contributed by atoms with Gasteiger partial charge in [0.05, 0.1) is 25.8 Å². The highest BCUT2D eigenvalue weighted by Crippen LogP contribution is 2.29. The molecule has 0 aliphatic carbocycles. The zero-order chi connectivity index (χ0) is 17.7. The number of esters is 1. The smallest absolute Gasteiger partial charge is 0.340 e. The Balaban J connectivity index is 2.48. The molecular formula is C18H10IN3O2. The molecule has 0 heterocycles. The zero-order valence-corrected chi connectivity index (χ0v) is 14.8. The van der Waals surface area contributed by atoms with Crippen molar-refractivity contribution in [1.29, 1.82) is 15.8 Å². The molecule has 0 amide bonds. The average Bonchev–Trinajstić information content (AvgIpc) is 2.61. The predicted molar refractivity (Wildman–Crippen MR) is 93.6 cm³/mol. The number of hydrogen-bond acceptors (Lipinski definition) is 5. The summed E-state index contributed by atoms with van der Waals surface area (Å²) in [4.78, 5) is 12.5. The Morgan fingerprint density at radius 3 is 2.17 bits per heavy atom. The van der Waals surface area contributed by atoms with Gasteiger partial charge in [-0.25, -0.2) is 4.79 Å². The molecule has 0 unspecified atom stereocenters. The van der Waals surface area contributed by atoms with Gasteiger partial charge < -0.3 is 4.74 Å². The molecule has 0 fully saturated rings. The Hall–Kier alpha value is -2.89. The van der Waals surface area contributed by atoms with Crippen molar-refractivity contribution in [2.45, 2.75) is 13.5 Å². The Bertz CT molecular complexity index is 932. The van der Waals surface area contributed by atoms with Crippen LogP contribution in [0.15, 0.2) is 30.3 Å². The maximum absolute atomic E-state index is 12.5. The van der Waals surface area contributed by atoms with Crippen LogP contribution in [-0.2, 0) is 11.3 Å². The first-order valence-corrected chi connectivity index (χ1v) is 7.90. The van der Waals surface area contributed by atoms with Crippen LogP contribution in [0.4, 0.5) is 0 Å². The van der Waals surface area contributed by atoms with E-state index >= 15 is 0 Å². The standard InChI is InChI=1S/C18H10IN3O2/c1-11-13(7-20)14(8-21)17(19)15(9-22)16(11)18(23)24-10-12-5-3-2-4-6-12/h2-6H,10H2,1H3. The van der Waals surface area contributed by atoms with Crippen molar-refractivity contribution in [3.8, 4) is 18.2 Å². The summed E-state index contributed by atoms with van der Waals surface area (Å²) in [5, 5.41) is 27.9. The molecule has 0 N–H and O–H groups in total. The second-order valence-corrected chi connectivity index (χ2v) is 5.91. The van der Waals surface area contributed by atoms with Crippen LogP contribution in [0, 0.1) is 44.5 Å². The third-order valence-corrected chi connectivity index (χ3v) is 4.52. The topological polar surface area (TPSA) is 97.7 Å². The number of nitrogens with zero attached hydrogens (tertiary/aromatic N) is 3. The highest BCUT2D eigenvalue weighted by Gasteiger charge is 2.25. The number of ether oxygens (including phenoxy) is 1. The van der Waals surface area contributed by atoms with Gasteiger partial charge in [-0.05, 0) is 40.6 Å². The van der Waals surface area contributed by atoms with Gasteiger partial charge in [0.15, 0.2) is 0 Å². The van der Waals surface area contributed by atoms with Crippen molar-refractivity contribution in [3.63, 3.8) is 0 Å². The van der Waals surface area contributed by atoms with E-state index in [0.29, 0.717) is 0 Å². The van der Waals surface area contributed by atoms with Gasteiger partial charge in [0, 0.05) is 0 Å². The number of nitriles is 3. The molecule has 24 heavy (non-hydrogen) atoms. The summed E-state index contributed by atoms with van der Waals surface area (Å²) in [6, 6.07) is 14.9. The third-order valence-electron chi connectivity index (χ3n) is 3.44. The van der Waals surface area contributed by atoms with Crippen molar-refractivity contribution < 1.29 is 9.53 Å². The molecule has 0 aliphatic heterocycles. The maximum atomic E-state index is 12.5. The van der Waals surface area contributed by atoms with E-state index in [4.69, 9.17) is 4.74 Å². The molecule has 0 atom stereocenters. The van der Waals surface area contributed by atoms with E-state index in [2.05, 4.69) is 0 Å². The highest BCUT2D eigenvalue weighted by molar-refractivity contribution is 14.1. The van der Waals surface area contributed by atoms with Gasteiger partial charge in [0.2, 0.25) is 0 Å². The number of halogens is 1. The quantitative estimate of drug-likeness (QED) is 0.551. The van der Waals surface area contributed by atoms with Crippen LogP contribution >= 0.6 is 22.6 Å². The molecule has 2 aromatic rings. The van der Waals surface area contributed by atoms with Gasteiger partial charge in [-0.2, -0.15) is 15.8 Å². The first-order chi connectivity index (χ1) is 11.5. The summed E-state index contributed by atoms with van der Waals surface area (Å²) in [6.45, 7) is 1.60. The molecule has 2 aromatic carbocycles. The van der Waals surface area contributed by atoms with Crippen LogP contribution in [0.2, 0.25) is 0 Å². The monoisotopic (exact) mass is 427 g/mol.